The predicted octanol–water partition coefficient (Wildman–Crippen LogP) is -0.503. The van der Waals surface area contributed by atoms with Gasteiger partial charge in [0.05, 0.1) is 0 Å². The van der Waals surface area contributed by atoms with Crippen molar-refractivity contribution in [1.82, 2.24) is 15.2 Å². The number of hydrogen-bond acceptors (Lipinski definition) is 6. The smallest absolute Gasteiger partial charge is 0.349 e. The van der Waals surface area contributed by atoms with Crippen molar-refractivity contribution in [3.8, 4) is 5.75 Å². The molecule has 8 heteroatoms. The molecule has 72 valence electrons. The fourth-order valence-corrected chi connectivity index (χ4v) is 1.90. The Morgan fingerprint density at radius 1 is 1.36 bits per heavy atom. The minimum atomic E-state index is -4.08. The molecule has 0 saturated carbocycles. The van der Waals surface area contributed by atoms with Gasteiger partial charge in [-0.15, -0.1) is 13.5 Å². The molecule has 2 heterocycles. The predicted molar refractivity (Wildman–Crippen MR) is 43.7 cm³/mol. The van der Waals surface area contributed by atoms with Crippen LogP contribution in [0.15, 0.2) is 18.2 Å². The normalized spacial score (nSPS) is 17.4. The largest absolute Gasteiger partial charge is 0.521 e. The fourth-order valence-electron chi connectivity index (χ4n) is 1.23. The van der Waals surface area contributed by atoms with Gasteiger partial charge in [0.25, 0.3) is 0 Å². The van der Waals surface area contributed by atoms with Gasteiger partial charge in [-0.1, -0.05) is 10.9 Å². The zero-order valence-electron chi connectivity index (χ0n) is 6.61. The van der Waals surface area contributed by atoms with Crippen molar-refractivity contribution < 1.29 is 16.9 Å². The van der Waals surface area contributed by atoms with E-state index in [4.69, 9.17) is 0 Å². The zero-order chi connectivity index (χ0) is 9.76. The van der Waals surface area contributed by atoms with E-state index in [9.17, 15) is 8.42 Å². The summed E-state index contributed by atoms with van der Waals surface area (Å²) in [6.07, 6.45) is 0. The molecule has 0 aliphatic carbocycles. The van der Waals surface area contributed by atoms with Crippen LogP contribution in [0.25, 0.3) is 11.0 Å². The van der Waals surface area contributed by atoms with Gasteiger partial charge in [-0.3, -0.25) is 0 Å². The summed E-state index contributed by atoms with van der Waals surface area (Å²) in [6.45, 7) is 0. The second-order valence-electron chi connectivity index (χ2n) is 2.65. The maximum atomic E-state index is 11.1. The monoisotopic (exact) mass is 213 g/mol. The lowest BCUT2D eigenvalue weighted by atomic mass is 10.3. The maximum absolute atomic E-state index is 11.1. The van der Waals surface area contributed by atoms with Crippen LogP contribution in [0.1, 0.15) is 0 Å². The van der Waals surface area contributed by atoms with Gasteiger partial charge < -0.3 is 4.18 Å². The summed E-state index contributed by atoms with van der Waals surface area (Å²) in [5.41, 5.74) is 0.803. The second-order valence-corrected chi connectivity index (χ2v) is 3.78. The molecule has 1 aliphatic heterocycles. The summed E-state index contributed by atoms with van der Waals surface area (Å²) in [5, 5.41) is 7.21. The summed E-state index contributed by atoms with van der Waals surface area (Å²) >= 11 is 0. The third kappa shape index (κ3) is 0.880. The molecule has 1 aliphatic rings. The van der Waals surface area contributed by atoms with E-state index in [1.165, 1.54) is 6.07 Å². The number of rotatable bonds is 0. The number of hydrogen-bond donors (Lipinski definition) is 0. The van der Waals surface area contributed by atoms with Crippen LogP contribution in [0, 0.1) is 0 Å². The van der Waals surface area contributed by atoms with E-state index in [1.54, 1.807) is 12.1 Å². The Bertz CT molecular complexity index is 617. The van der Waals surface area contributed by atoms with E-state index in [0.717, 1.165) is 4.85 Å². The Balaban J connectivity index is 2.49. The molecule has 0 fully saturated rings. The van der Waals surface area contributed by atoms with E-state index in [1.807, 2.05) is 0 Å². The first kappa shape index (κ1) is 7.56. The minimum Gasteiger partial charge on any atom is -0.349 e. The van der Waals surface area contributed by atoms with E-state index in [-0.39, 0.29) is 5.75 Å². The van der Waals surface area contributed by atoms with Crippen LogP contribution >= 0.6 is 0 Å². The van der Waals surface area contributed by atoms with Gasteiger partial charge in [-0.25, -0.2) is 4.28 Å². The fraction of sp³-hybridized carbons (Fsp3) is 0. The molecule has 0 N–H and O–H groups in total. The molecule has 1 aromatic carbocycles. The molecule has 4 bridgehead atoms. The van der Waals surface area contributed by atoms with Crippen molar-refractivity contribution >= 4 is 21.4 Å². The first-order valence-corrected chi connectivity index (χ1v) is 4.98. The molecule has 0 unspecified atom stereocenters. The molecular formula is C6H3N3O4S. The molecule has 2 aromatic rings. The van der Waals surface area contributed by atoms with E-state index >= 15 is 0 Å². The Kier molecular flexibility index (Phi) is 1.16. The Hall–Kier alpha value is -1.83. The van der Waals surface area contributed by atoms with Crippen LogP contribution in [-0.2, 0) is 10.4 Å². The van der Waals surface area contributed by atoms with Crippen LogP contribution in [0.5, 0.6) is 5.75 Å². The van der Waals surface area contributed by atoms with Crippen LogP contribution in [-0.4, -0.2) is 23.6 Å². The number of benzene rings is 1. The zero-order valence-corrected chi connectivity index (χ0v) is 7.43. The van der Waals surface area contributed by atoms with Gasteiger partial charge in [0.1, 0.15) is 5.52 Å². The number of aromatic nitrogens is 3. The van der Waals surface area contributed by atoms with Crippen molar-refractivity contribution in [3.63, 3.8) is 0 Å². The highest BCUT2D eigenvalue weighted by atomic mass is 32.3. The molecule has 7 nitrogen and oxygen atoms in total. The highest BCUT2D eigenvalue weighted by molar-refractivity contribution is 7.82. The summed E-state index contributed by atoms with van der Waals surface area (Å²) in [4.78, 5) is 0.807. The van der Waals surface area contributed by atoms with Gasteiger partial charge in [-0.2, -0.15) is 0 Å². The van der Waals surface area contributed by atoms with Crippen molar-refractivity contribution in [2.75, 3.05) is 0 Å². The molecule has 0 radical (unpaired) electrons. The topological polar surface area (TPSA) is 83.3 Å². The van der Waals surface area contributed by atoms with Crippen molar-refractivity contribution in [2.24, 2.45) is 0 Å². The van der Waals surface area contributed by atoms with Crippen LogP contribution in [0.3, 0.4) is 0 Å². The molecule has 0 atom stereocenters. The lowest BCUT2D eigenvalue weighted by Gasteiger charge is -2.02. The standard InChI is InChI=1S/C6H3N3O4S/c10-14(11)12-5-3-1-2-4-6(5)7-8-9(4)13-14/h1-3H. The molecule has 3 rings (SSSR count). The lowest BCUT2D eigenvalue weighted by Crippen LogP contribution is -2.24. The van der Waals surface area contributed by atoms with Crippen molar-refractivity contribution in [2.45, 2.75) is 0 Å². The molecule has 14 heavy (non-hydrogen) atoms. The highest BCUT2D eigenvalue weighted by Gasteiger charge is 2.26. The summed E-state index contributed by atoms with van der Waals surface area (Å²) in [6, 6.07) is 4.73. The maximum Gasteiger partial charge on any atom is 0.521 e. The first-order chi connectivity index (χ1) is 6.66. The van der Waals surface area contributed by atoms with Gasteiger partial charge in [0, 0.05) is 0 Å². The van der Waals surface area contributed by atoms with Crippen LogP contribution in [0.2, 0.25) is 0 Å². The van der Waals surface area contributed by atoms with Gasteiger partial charge in [0.15, 0.2) is 11.3 Å². The summed E-state index contributed by atoms with van der Waals surface area (Å²) in [5.74, 6) is 0.117. The molecule has 1 aromatic heterocycles. The van der Waals surface area contributed by atoms with Gasteiger partial charge >= 0.3 is 10.4 Å². The molecular weight excluding hydrogens is 210 g/mol. The van der Waals surface area contributed by atoms with Gasteiger partial charge in [-0.05, 0) is 17.3 Å². The average Bonchev–Trinajstić information content (AvgIpc) is 2.45. The Labute approximate surface area is 78.1 Å². The number of nitrogens with zero attached hydrogens (tertiary/aromatic N) is 3. The van der Waals surface area contributed by atoms with Crippen molar-refractivity contribution in [3.05, 3.63) is 18.2 Å². The van der Waals surface area contributed by atoms with E-state index in [0.29, 0.717) is 11.0 Å². The van der Waals surface area contributed by atoms with Crippen molar-refractivity contribution in [1.29, 1.82) is 0 Å². The SMILES string of the molecule is O=S1(=O)Oc2cccc3c2nnn3O1. The minimum absolute atomic E-state index is 0.117. The molecule has 0 amide bonds. The Morgan fingerprint density at radius 2 is 2.21 bits per heavy atom. The quantitative estimate of drug-likeness (QED) is 0.586. The van der Waals surface area contributed by atoms with E-state index in [2.05, 4.69) is 18.8 Å². The summed E-state index contributed by atoms with van der Waals surface area (Å²) in [7, 11) is -4.08. The third-order valence-corrected chi connectivity index (χ3v) is 2.47. The summed E-state index contributed by atoms with van der Waals surface area (Å²) < 4.78 is 31.3. The highest BCUT2D eigenvalue weighted by Crippen LogP contribution is 2.26. The average molecular weight is 213 g/mol. The third-order valence-electron chi connectivity index (χ3n) is 1.76. The van der Waals surface area contributed by atoms with Gasteiger partial charge in [0.2, 0.25) is 0 Å². The molecule has 0 spiro atoms. The van der Waals surface area contributed by atoms with E-state index < -0.39 is 10.4 Å². The molecule has 0 saturated heterocycles. The lowest BCUT2D eigenvalue weighted by molar-refractivity contribution is 0.216. The Morgan fingerprint density at radius 3 is 3.07 bits per heavy atom. The first-order valence-electron chi connectivity index (χ1n) is 3.64. The second kappa shape index (κ2) is 2.15. The van der Waals surface area contributed by atoms with Crippen LogP contribution in [0.4, 0.5) is 0 Å². The van der Waals surface area contributed by atoms with Crippen LogP contribution < -0.4 is 8.47 Å².